The largest absolute Gasteiger partial charge is 0.493 e. The van der Waals surface area contributed by atoms with Crippen LogP contribution in [0.4, 0.5) is 0 Å². The third-order valence-electron chi connectivity index (χ3n) is 3.63. The van der Waals surface area contributed by atoms with Crippen molar-refractivity contribution in [3.63, 3.8) is 0 Å². The lowest BCUT2D eigenvalue weighted by Gasteiger charge is -2.20. The summed E-state index contributed by atoms with van der Waals surface area (Å²) >= 11 is 0. The second-order valence-electron chi connectivity index (χ2n) is 5.32. The smallest absolute Gasteiger partial charge is 0.243 e. The Kier molecular flexibility index (Phi) is 6.63. The predicted molar refractivity (Wildman–Crippen MR) is 91.9 cm³/mol. The standard InChI is InChI=1S/C19H23NO4/c1-15(21)20(24-14-17-7-5-4-6-8-17)12-11-16-9-10-18(22-2)19(13-16)23-3/h4-10,13H,11-12,14H2,1-3H3. The zero-order valence-electron chi connectivity index (χ0n) is 14.3. The van der Waals surface area contributed by atoms with Gasteiger partial charge < -0.3 is 9.47 Å². The van der Waals surface area contributed by atoms with Gasteiger partial charge in [-0.15, -0.1) is 0 Å². The molecule has 5 heteroatoms. The van der Waals surface area contributed by atoms with Gasteiger partial charge in [-0.2, -0.15) is 0 Å². The van der Waals surface area contributed by atoms with E-state index >= 15 is 0 Å². The Labute approximate surface area is 142 Å². The highest BCUT2D eigenvalue weighted by atomic mass is 16.7. The van der Waals surface area contributed by atoms with Gasteiger partial charge in [0.2, 0.25) is 5.91 Å². The van der Waals surface area contributed by atoms with Crippen LogP contribution in [0.25, 0.3) is 0 Å². The second-order valence-corrected chi connectivity index (χ2v) is 5.32. The van der Waals surface area contributed by atoms with Crippen LogP contribution in [0, 0.1) is 0 Å². The zero-order chi connectivity index (χ0) is 17.4. The number of hydrogen-bond acceptors (Lipinski definition) is 4. The third kappa shape index (κ3) is 4.99. The number of carbonyl (C=O) groups is 1. The molecule has 2 aromatic carbocycles. The lowest BCUT2D eigenvalue weighted by Crippen LogP contribution is -2.30. The molecule has 0 N–H and O–H groups in total. The van der Waals surface area contributed by atoms with Crippen LogP contribution in [0.1, 0.15) is 18.1 Å². The lowest BCUT2D eigenvalue weighted by atomic mass is 10.1. The Morgan fingerprint density at radius 2 is 1.67 bits per heavy atom. The van der Waals surface area contributed by atoms with Gasteiger partial charge in [-0.25, -0.2) is 5.06 Å². The van der Waals surface area contributed by atoms with E-state index in [0.717, 1.165) is 11.1 Å². The molecule has 0 aromatic heterocycles. The fourth-order valence-corrected chi connectivity index (χ4v) is 2.31. The fraction of sp³-hybridized carbons (Fsp3) is 0.316. The molecule has 0 aliphatic carbocycles. The third-order valence-corrected chi connectivity index (χ3v) is 3.63. The van der Waals surface area contributed by atoms with E-state index < -0.39 is 0 Å². The van der Waals surface area contributed by atoms with Gasteiger partial charge in [0.25, 0.3) is 0 Å². The van der Waals surface area contributed by atoms with E-state index in [1.54, 1.807) is 14.2 Å². The van der Waals surface area contributed by atoms with Gasteiger partial charge in [0, 0.05) is 6.92 Å². The summed E-state index contributed by atoms with van der Waals surface area (Å²) in [5.41, 5.74) is 2.07. The van der Waals surface area contributed by atoms with Gasteiger partial charge in [-0.3, -0.25) is 9.63 Å². The number of benzene rings is 2. The number of ether oxygens (including phenoxy) is 2. The molecule has 24 heavy (non-hydrogen) atoms. The quantitative estimate of drug-likeness (QED) is 0.698. The SMILES string of the molecule is COc1ccc(CCN(OCc2ccccc2)C(C)=O)cc1OC. The van der Waals surface area contributed by atoms with Crippen LogP contribution in [0.2, 0.25) is 0 Å². The molecule has 2 aromatic rings. The molecule has 0 aliphatic rings. The second kappa shape index (κ2) is 8.93. The Hall–Kier alpha value is -2.53. The Morgan fingerprint density at radius 1 is 0.958 bits per heavy atom. The van der Waals surface area contributed by atoms with E-state index in [2.05, 4.69) is 0 Å². The summed E-state index contributed by atoms with van der Waals surface area (Å²) in [6.45, 7) is 2.34. The summed E-state index contributed by atoms with van der Waals surface area (Å²) in [7, 11) is 3.21. The fourth-order valence-electron chi connectivity index (χ4n) is 2.31. The van der Waals surface area contributed by atoms with E-state index in [1.165, 1.54) is 12.0 Å². The number of hydroxylamine groups is 2. The minimum atomic E-state index is -0.119. The van der Waals surface area contributed by atoms with E-state index in [0.29, 0.717) is 31.1 Å². The maximum atomic E-state index is 11.8. The average Bonchev–Trinajstić information content (AvgIpc) is 2.62. The van der Waals surface area contributed by atoms with Crippen molar-refractivity contribution in [1.82, 2.24) is 5.06 Å². The van der Waals surface area contributed by atoms with Crippen molar-refractivity contribution < 1.29 is 19.1 Å². The molecule has 0 saturated heterocycles. The van der Waals surface area contributed by atoms with E-state index in [4.69, 9.17) is 14.3 Å². The number of amides is 1. The van der Waals surface area contributed by atoms with Crippen LogP contribution in [-0.4, -0.2) is 31.7 Å². The van der Waals surface area contributed by atoms with Crippen molar-refractivity contribution >= 4 is 5.91 Å². The lowest BCUT2D eigenvalue weighted by molar-refractivity contribution is -0.189. The van der Waals surface area contributed by atoms with Crippen molar-refractivity contribution in [2.24, 2.45) is 0 Å². The number of rotatable bonds is 8. The predicted octanol–water partition coefficient (Wildman–Crippen LogP) is 3.23. The van der Waals surface area contributed by atoms with Gasteiger partial charge in [-0.05, 0) is 29.7 Å². The van der Waals surface area contributed by atoms with Crippen LogP contribution < -0.4 is 9.47 Å². The Balaban J connectivity index is 1.95. The molecule has 128 valence electrons. The minimum absolute atomic E-state index is 0.119. The summed E-state index contributed by atoms with van der Waals surface area (Å²) in [6.07, 6.45) is 0.661. The van der Waals surface area contributed by atoms with Gasteiger partial charge in [0.15, 0.2) is 11.5 Å². The van der Waals surface area contributed by atoms with E-state index in [1.807, 2.05) is 48.5 Å². The average molecular weight is 329 g/mol. The first-order chi connectivity index (χ1) is 11.6. The molecule has 0 aliphatic heterocycles. The molecule has 0 radical (unpaired) electrons. The summed E-state index contributed by atoms with van der Waals surface area (Å²) < 4.78 is 10.5. The zero-order valence-corrected chi connectivity index (χ0v) is 14.3. The molecule has 5 nitrogen and oxygen atoms in total. The first kappa shape index (κ1) is 17.8. The van der Waals surface area contributed by atoms with E-state index in [9.17, 15) is 4.79 Å². The monoisotopic (exact) mass is 329 g/mol. The highest BCUT2D eigenvalue weighted by Crippen LogP contribution is 2.27. The Bertz CT molecular complexity index is 658. The highest BCUT2D eigenvalue weighted by Gasteiger charge is 2.11. The van der Waals surface area contributed by atoms with Gasteiger partial charge >= 0.3 is 0 Å². The summed E-state index contributed by atoms with van der Waals surface area (Å²) in [5, 5.41) is 1.39. The van der Waals surface area contributed by atoms with Crippen molar-refractivity contribution in [3.8, 4) is 11.5 Å². The summed E-state index contributed by atoms with van der Waals surface area (Å²) in [4.78, 5) is 17.4. The van der Waals surface area contributed by atoms with Crippen LogP contribution >= 0.6 is 0 Å². The van der Waals surface area contributed by atoms with Crippen LogP contribution in [0.5, 0.6) is 11.5 Å². The van der Waals surface area contributed by atoms with Crippen LogP contribution in [-0.2, 0) is 22.7 Å². The number of hydrogen-bond donors (Lipinski definition) is 0. The molecule has 0 fully saturated rings. The molecule has 1 amide bonds. The summed E-state index contributed by atoms with van der Waals surface area (Å²) in [6, 6.07) is 15.5. The number of carbonyl (C=O) groups excluding carboxylic acids is 1. The molecular weight excluding hydrogens is 306 g/mol. The van der Waals surface area contributed by atoms with Gasteiger partial charge in [0.1, 0.15) is 6.61 Å². The molecule has 2 rings (SSSR count). The molecule has 0 heterocycles. The molecule has 0 spiro atoms. The molecule has 0 bridgehead atoms. The maximum Gasteiger partial charge on any atom is 0.243 e. The van der Waals surface area contributed by atoms with Crippen LogP contribution in [0.15, 0.2) is 48.5 Å². The minimum Gasteiger partial charge on any atom is -0.493 e. The number of nitrogens with zero attached hydrogens (tertiary/aromatic N) is 1. The molecule has 0 unspecified atom stereocenters. The topological polar surface area (TPSA) is 48.0 Å². The number of methoxy groups -OCH3 is 2. The van der Waals surface area contributed by atoms with Crippen molar-refractivity contribution in [1.29, 1.82) is 0 Å². The van der Waals surface area contributed by atoms with E-state index in [-0.39, 0.29) is 5.91 Å². The Morgan fingerprint density at radius 3 is 2.29 bits per heavy atom. The van der Waals surface area contributed by atoms with Crippen LogP contribution in [0.3, 0.4) is 0 Å². The van der Waals surface area contributed by atoms with Crippen molar-refractivity contribution in [2.45, 2.75) is 20.0 Å². The van der Waals surface area contributed by atoms with Crippen molar-refractivity contribution in [2.75, 3.05) is 20.8 Å². The van der Waals surface area contributed by atoms with Gasteiger partial charge in [-0.1, -0.05) is 36.4 Å². The molecule has 0 atom stereocenters. The highest BCUT2D eigenvalue weighted by molar-refractivity contribution is 5.72. The van der Waals surface area contributed by atoms with Crippen molar-refractivity contribution in [3.05, 3.63) is 59.7 Å². The first-order valence-electron chi connectivity index (χ1n) is 7.80. The summed E-state index contributed by atoms with van der Waals surface area (Å²) in [5.74, 6) is 1.24. The first-order valence-corrected chi connectivity index (χ1v) is 7.80. The molecule has 0 saturated carbocycles. The maximum absolute atomic E-state index is 11.8. The van der Waals surface area contributed by atoms with Gasteiger partial charge in [0.05, 0.1) is 20.8 Å². The molecular formula is C19H23NO4. The normalized spacial score (nSPS) is 10.3.